The molecular formula is C16H17NO2. The van der Waals surface area contributed by atoms with Gasteiger partial charge in [0.15, 0.2) is 0 Å². The quantitative estimate of drug-likeness (QED) is 0.673. The van der Waals surface area contributed by atoms with Crippen molar-refractivity contribution in [3.05, 3.63) is 48.0 Å². The van der Waals surface area contributed by atoms with E-state index in [1.807, 2.05) is 42.5 Å². The Kier molecular flexibility index (Phi) is 4.18. The Balaban J connectivity index is 2.11. The van der Waals surface area contributed by atoms with Gasteiger partial charge in [-0.05, 0) is 41.5 Å². The number of benzene rings is 2. The van der Waals surface area contributed by atoms with Gasteiger partial charge in [-0.25, -0.2) is 0 Å². The standard InChI is InChI=1S/C16H17NO2/c1-2-19-16(18)5-3-4-12-6-7-14-11-15(17)9-8-13(14)10-12/h3-4,6-11H,2,5,17H2,1H3. The van der Waals surface area contributed by atoms with Crippen LogP contribution in [0.1, 0.15) is 18.9 Å². The highest BCUT2D eigenvalue weighted by molar-refractivity contribution is 5.87. The Morgan fingerprint density at radius 1 is 1.21 bits per heavy atom. The SMILES string of the molecule is CCOC(=O)CC=Cc1ccc2cc(N)ccc2c1. The Bertz CT molecular complexity index is 617. The van der Waals surface area contributed by atoms with Gasteiger partial charge in [0.1, 0.15) is 0 Å². The minimum absolute atomic E-state index is 0.202. The van der Waals surface area contributed by atoms with E-state index in [2.05, 4.69) is 6.07 Å². The molecule has 19 heavy (non-hydrogen) atoms. The first-order valence-corrected chi connectivity index (χ1v) is 6.30. The highest BCUT2D eigenvalue weighted by Gasteiger charge is 1.98. The first-order chi connectivity index (χ1) is 9.19. The molecular weight excluding hydrogens is 238 g/mol. The molecule has 3 nitrogen and oxygen atoms in total. The maximum Gasteiger partial charge on any atom is 0.309 e. The van der Waals surface area contributed by atoms with E-state index in [1.54, 1.807) is 6.92 Å². The van der Waals surface area contributed by atoms with Gasteiger partial charge < -0.3 is 10.5 Å². The molecule has 0 bridgehead atoms. The summed E-state index contributed by atoms with van der Waals surface area (Å²) in [6.45, 7) is 2.22. The zero-order valence-electron chi connectivity index (χ0n) is 10.9. The minimum Gasteiger partial charge on any atom is -0.466 e. The topological polar surface area (TPSA) is 52.3 Å². The van der Waals surface area contributed by atoms with Crippen LogP contribution in [-0.4, -0.2) is 12.6 Å². The van der Waals surface area contributed by atoms with Crippen molar-refractivity contribution in [3.63, 3.8) is 0 Å². The molecule has 0 aliphatic carbocycles. The van der Waals surface area contributed by atoms with Gasteiger partial charge in [0.05, 0.1) is 13.0 Å². The predicted molar refractivity (Wildman–Crippen MR) is 78.6 cm³/mol. The van der Waals surface area contributed by atoms with Crippen LogP contribution in [-0.2, 0) is 9.53 Å². The van der Waals surface area contributed by atoms with Gasteiger partial charge in [-0.2, -0.15) is 0 Å². The van der Waals surface area contributed by atoms with Crippen LogP contribution < -0.4 is 5.73 Å². The van der Waals surface area contributed by atoms with Crippen molar-refractivity contribution in [1.82, 2.24) is 0 Å². The van der Waals surface area contributed by atoms with E-state index in [-0.39, 0.29) is 5.97 Å². The molecule has 0 aliphatic heterocycles. The van der Waals surface area contributed by atoms with Crippen molar-refractivity contribution in [2.45, 2.75) is 13.3 Å². The van der Waals surface area contributed by atoms with Gasteiger partial charge in [-0.15, -0.1) is 0 Å². The number of anilines is 1. The minimum atomic E-state index is -0.202. The molecule has 2 aromatic rings. The molecule has 0 atom stereocenters. The molecule has 0 aliphatic rings. The smallest absolute Gasteiger partial charge is 0.309 e. The van der Waals surface area contributed by atoms with Crippen LogP contribution in [0.2, 0.25) is 0 Å². The van der Waals surface area contributed by atoms with E-state index in [1.165, 1.54) is 0 Å². The number of carbonyl (C=O) groups is 1. The van der Waals surface area contributed by atoms with E-state index in [4.69, 9.17) is 10.5 Å². The molecule has 2 rings (SSSR count). The second-order valence-corrected chi connectivity index (χ2v) is 4.28. The number of rotatable bonds is 4. The van der Waals surface area contributed by atoms with Gasteiger partial charge in [0, 0.05) is 5.69 Å². The summed E-state index contributed by atoms with van der Waals surface area (Å²) in [4.78, 5) is 11.2. The number of carbonyl (C=O) groups excluding carboxylic acids is 1. The zero-order valence-corrected chi connectivity index (χ0v) is 10.9. The third-order valence-electron chi connectivity index (χ3n) is 2.79. The summed E-state index contributed by atoms with van der Waals surface area (Å²) < 4.78 is 4.86. The molecule has 0 saturated carbocycles. The van der Waals surface area contributed by atoms with Crippen LogP contribution in [0.5, 0.6) is 0 Å². The van der Waals surface area contributed by atoms with Gasteiger partial charge in [0.25, 0.3) is 0 Å². The molecule has 2 aromatic carbocycles. The largest absolute Gasteiger partial charge is 0.466 e. The summed E-state index contributed by atoms with van der Waals surface area (Å²) in [5.41, 5.74) is 7.56. The molecule has 0 amide bonds. The van der Waals surface area contributed by atoms with Crippen molar-refractivity contribution in [3.8, 4) is 0 Å². The predicted octanol–water partition coefficient (Wildman–Crippen LogP) is 3.39. The number of ether oxygens (including phenoxy) is 1. The lowest BCUT2D eigenvalue weighted by Gasteiger charge is -2.01. The molecule has 0 fully saturated rings. The van der Waals surface area contributed by atoms with Crippen molar-refractivity contribution in [2.24, 2.45) is 0 Å². The average molecular weight is 255 g/mol. The Hall–Kier alpha value is -2.29. The summed E-state index contributed by atoms with van der Waals surface area (Å²) in [6.07, 6.45) is 4.04. The van der Waals surface area contributed by atoms with Crippen LogP contribution in [0.25, 0.3) is 16.8 Å². The molecule has 98 valence electrons. The van der Waals surface area contributed by atoms with E-state index in [0.29, 0.717) is 13.0 Å². The highest BCUT2D eigenvalue weighted by Crippen LogP contribution is 2.19. The van der Waals surface area contributed by atoms with Crippen LogP contribution in [0.4, 0.5) is 5.69 Å². The maximum absolute atomic E-state index is 11.2. The summed E-state index contributed by atoms with van der Waals surface area (Å²) in [5, 5.41) is 2.25. The van der Waals surface area contributed by atoms with E-state index >= 15 is 0 Å². The van der Waals surface area contributed by atoms with Crippen molar-refractivity contribution < 1.29 is 9.53 Å². The summed E-state index contributed by atoms with van der Waals surface area (Å²) >= 11 is 0. The van der Waals surface area contributed by atoms with Crippen LogP contribution in [0, 0.1) is 0 Å². The van der Waals surface area contributed by atoms with Gasteiger partial charge in [-0.3, -0.25) is 4.79 Å². The average Bonchev–Trinajstić information content (AvgIpc) is 2.39. The number of fused-ring (bicyclic) bond motifs is 1. The summed E-state index contributed by atoms with van der Waals surface area (Å²) in [5.74, 6) is -0.202. The molecule has 0 unspecified atom stereocenters. The normalized spacial score (nSPS) is 11.0. The number of hydrogen-bond donors (Lipinski definition) is 1. The lowest BCUT2D eigenvalue weighted by atomic mass is 10.1. The Morgan fingerprint density at radius 2 is 1.95 bits per heavy atom. The second kappa shape index (κ2) is 6.05. The van der Waals surface area contributed by atoms with Crippen LogP contribution in [0.15, 0.2) is 42.5 Å². The second-order valence-electron chi connectivity index (χ2n) is 4.28. The third-order valence-corrected chi connectivity index (χ3v) is 2.79. The fraction of sp³-hybridized carbons (Fsp3) is 0.188. The molecule has 0 spiro atoms. The Labute approximate surface area is 112 Å². The van der Waals surface area contributed by atoms with E-state index < -0.39 is 0 Å². The highest BCUT2D eigenvalue weighted by atomic mass is 16.5. The molecule has 3 heteroatoms. The van der Waals surface area contributed by atoms with Crippen molar-refractivity contribution >= 4 is 28.5 Å². The van der Waals surface area contributed by atoms with Crippen LogP contribution >= 0.6 is 0 Å². The van der Waals surface area contributed by atoms with E-state index in [9.17, 15) is 4.79 Å². The van der Waals surface area contributed by atoms with Gasteiger partial charge in [-0.1, -0.05) is 30.4 Å². The van der Waals surface area contributed by atoms with Crippen molar-refractivity contribution in [2.75, 3.05) is 12.3 Å². The monoisotopic (exact) mass is 255 g/mol. The lowest BCUT2D eigenvalue weighted by Crippen LogP contribution is -2.01. The van der Waals surface area contributed by atoms with E-state index in [0.717, 1.165) is 22.0 Å². The molecule has 0 heterocycles. The number of esters is 1. The first kappa shape index (κ1) is 13.1. The number of nitrogen functional groups attached to an aromatic ring is 1. The zero-order chi connectivity index (χ0) is 13.7. The van der Waals surface area contributed by atoms with Gasteiger partial charge in [0.2, 0.25) is 0 Å². The molecule has 0 aromatic heterocycles. The van der Waals surface area contributed by atoms with Crippen molar-refractivity contribution in [1.29, 1.82) is 0 Å². The molecule has 0 radical (unpaired) electrons. The first-order valence-electron chi connectivity index (χ1n) is 6.30. The molecule has 0 saturated heterocycles. The molecule has 2 N–H and O–H groups in total. The fourth-order valence-electron chi connectivity index (χ4n) is 1.90. The number of nitrogens with two attached hydrogens (primary N) is 1. The maximum atomic E-state index is 11.2. The lowest BCUT2D eigenvalue weighted by molar-refractivity contribution is -0.142. The fourth-order valence-corrected chi connectivity index (χ4v) is 1.90. The Morgan fingerprint density at radius 3 is 2.74 bits per heavy atom. The van der Waals surface area contributed by atoms with Crippen LogP contribution in [0.3, 0.4) is 0 Å². The van der Waals surface area contributed by atoms with Gasteiger partial charge >= 0.3 is 5.97 Å². The third kappa shape index (κ3) is 3.58. The number of hydrogen-bond acceptors (Lipinski definition) is 3. The summed E-state index contributed by atoms with van der Waals surface area (Å²) in [6, 6.07) is 11.9. The summed E-state index contributed by atoms with van der Waals surface area (Å²) in [7, 11) is 0.